The molecule has 0 radical (unpaired) electrons. The number of hydrogen-bond donors (Lipinski definition) is 0. The Balaban J connectivity index is 1.73. The van der Waals surface area contributed by atoms with Gasteiger partial charge in [-0.3, -0.25) is 4.99 Å². The minimum Gasteiger partial charge on any atom is -0.438 e. The molecule has 22 heavy (non-hydrogen) atoms. The topological polar surface area (TPSA) is 32.0 Å². The molecule has 0 spiro atoms. The fourth-order valence-corrected chi connectivity index (χ4v) is 3.11. The van der Waals surface area contributed by atoms with Crippen LogP contribution in [0.3, 0.4) is 0 Å². The van der Waals surface area contributed by atoms with Crippen molar-refractivity contribution in [3.8, 4) is 0 Å². The van der Waals surface area contributed by atoms with Gasteiger partial charge in [0.15, 0.2) is 0 Å². The van der Waals surface area contributed by atoms with E-state index in [1.165, 1.54) is 12.8 Å². The highest BCUT2D eigenvalue weighted by atomic mass is 79.9. The normalized spacial score (nSPS) is 15.0. The molecule has 2 aromatic rings. The van der Waals surface area contributed by atoms with Crippen LogP contribution in [0.2, 0.25) is 0 Å². The fourth-order valence-electron chi connectivity index (χ4n) is 2.55. The Morgan fingerprint density at radius 3 is 2.50 bits per heavy atom. The van der Waals surface area contributed by atoms with E-state index in [9.17, 15) is 0 Å². The van der Waals surface area contributed by atoms with Gasteiger partial charge < -0.3 is 14.2 Å². The number of rotatable bonds is 4. The number of benzene rings is 1. The van der Waals surface area contributed by atoms with E-state index in [4.69, 9.17) is 4.42 Å². The summed E-state index contributed by atoms with van der Waals surface area (Å²) < 4.78 is 6.90. The van der Waals surface area contributed by atoms with Crippen molar-refractivity contribution in [3.05, 3.63) is 40.6 Å². The van der Waals surface area contributed by atoms with E-state index in [2.05, 4.69) is 42.9 Å². The Morgan fingerprint density at radius 1 is 1.18 bits per heavy atom. The summed E-state index contributed by atoms with van der Waals surface area (Å²) in [6, 6.07) is 10.1. The van der Waals surface area contributed by atoms with Crippen LogP contribution in [0.15, 0.2) is 44.2 Å². The van der Waals surface area contributed by atoms with E-state index in [1.54, 1.807) is 6.21 Å². The molecular formula is C17H20BrN3O. The smallest absolute Gasteiger partial charge is 0.210 e. The van der Waals surface area contributed by atoms with Gasteiger partial charge in [0.25, 0.3) is 0 Å². The number of hydrogen-bond acceptors (Lipinski definition) is 4. The van der Waals surface area contributed by atoms with Gasteiger partial charge >= 0.3 is 0 Å². The Kier molecular flexibility index (Phi) is 4.52. The van der Waals surface area contributed by atoms with Crippen LogP contribution in [-0.4, -0.2) is 33.4 Å². The SMILES string of the molecule is CN(C)c1ccc(N=Cc2cc(Br)c(N3CCCC3)o2)cc1. The molecular weight excluding hydrogens is 342 g/mol. The third-order valence-electron chi connectivity index (χ3n) is 3.79. The molecule has 1 saturated heterocycles. The zero-order valence-electron chi connectivity index (χ0n) is 12.9. The summed E-state index contributed by atoms with van der Waals surface area (Å²) in [5.74, 6) is 1.69. The molecule has 0 atom stereocenters. The third kappa shape index (κ3) is 3.35. The molecule has 4 nitrogen and oxygen atoms in total. The summed E-state index contributed by atoms with van der Waals surface area (Å²) in [5.41, 5.74) is 2.08. The van der Waals surface area contributed by atoms with Crippen LogP contribution in [0.5, 0.6) is 0 Å². The zero-order valence-corrected chi connectivity index (χ0v) is 14.5. The molecule has 116 valence electrons. The molecule has 1 aliphatic rings. The summed E-state index contributed by atoms with van der Waals surface area (Å²) >= 11 is 3.58. The molecule has 2 heterocycles. The maximum absolute atomic E-state index is 5.90. The Hall–Kier alpha value is -1.75. The molecule has 0 saturated carbocycles. The van der Waals surface area contributed by atoms with Gasteiger partial charge in [0.05, 0.1) is 16.4 Å². The zero-order chi connectivity index (χ0) is 15.5. The van der Waals surface area contributed by atoms with E-state index in [0.717, 1.165) is 40.6 Å². The minimum atomic E-state index is 0.769. The van der Waals surface area contributed by atoms with Crippen LogP contribution in [0.4, 0.5) is 17.3 Å². The first-order valence-corrected chi connectivity index (χ1v) is 8.28. The summed E-state index contributed by atoms with van der Waals surface area (Å²) in [6.45, 7) is 2.13. The molecule has 0 amide bonds. The van der Waals surface area contributed by atoms with E-state index in [-0.39, 0.29) is 0 Å². The number of nitrogens with zero attached hydrogens (tertiary/aromatic N) is 3. The molecule has 1 fully saturated rings. The predicted octanol–water partition coefficient (Wildman–Crippen LogP) is 4.46. The van der Waals surface area contributed by atoms with Gasteiger partial charge in [0, 0.05) is 38.9 Å². The van der Waals surface area contributed by atoms with Crippen LogP contribution in [0.1, 0.15) is 18.6 Å². The fraction of sp³-hybridized carbons (Fsp3) is 0.353. The van der Waals surface area contributed by atoms with Crippen LogP contribution in [0, 0.1) is 0 Å². The summed E-state index contributed by atoms with van der Waals surface area (Å²) in [4.78, 5) is 8.82. The van der Waals surface area contributed by atoms with E-state index in [1.807, 2.05) is 32.3 Å². The monoisotopic (exact) mass is 361 g/mol. The standard InChI is InChI=1S/C17H20BrN3O/c1-20(2)14-7-5-13(6-8-14)19-12-15-11-16(18)17(22-15)21-9-3-4-10-21/h5-8,11-12H,3-4,9-10H2,1-2H3. The Morgan fingerprint density at radius 2 is 1.86 bits per heavy atom. The second-order valence-corrected chi connectivity index (χ2v) is 6.52. The quantitative estimate of drug-likeness (QED) is 0.753. The van der Waals surface area contributed by atoms with Crippen LogP contribution < -0.4 is 9.80 Å². The van der Waals surface area contributed by atoms with Crippen molar-refractivity contribution in [2.75, 3.05) is 37.0 Å². The molecule has 0 aliphatic carbocycles. The van der Waals surface area contributed by atoms with Crippen molar-refractivity contribution in [1.29, 1.82) is 0 Å². The van der Waals surface area contributed by atoms with Crippen molar-refractivity contribution < 1.29 is 4.42 Å². The maximum atomic E-state index is 5.90. The minimum absolute atomic E-state index is 0.769. The molecule has 1 aromatic heterocycles. The first kappa shape index (κ1) is 15.2. The highest BCUT2D eigenvalue weighted by Crippen LogP contribution is 2.32. The van der Waals surface area contributed by atoms with Crippen molar-refractivity contribution in [3.63, 3.8) is 0 Å². The summed E-state index contributed by atoms with van der Waals surface area (Å²) in [6.07, 6.45) is 4.23. The van der Waals surface area contributed by atoms with Gasteiger partial charge in [0.1, 0.15) is 5.76 Å². The predicted molar refractivity (Wildman–Crippen MR) is 95.9 cm³/mol. The molecule has 1 aliphatic heterocycles. The average Bonchev–Trinajstić information content (AvgIpc) is 3.14. The van der Waals surface area contributed by atoms with Crippen LogP contribution in [0.25, 0.3) is 0 Å². The van der Waals surface area contributed by atoms with Crippen molar-refractivity contribution >= 4 is 39.4 Å². The lowest BCUT2D eigenvalue weighted by Crippen LogP contribution is -2.17. The van der Waals surface area contributed by atoms with Gasteiger partial charge in [-0.25, -0.2) is 0 Å². The first-order chi connectivity index (χ1) is 10.6. The maximum Gasteiger partial charge on any atom is 0.210 e. The van der Waals surface area contributed by atoms with Crippen LogP contribution in [-0.2, 0) is 0 Å². The summed E-state index contributed by atoms with van der Waals surface area (Å²) in [5, 5.41) is 0. The lowest BCUT2D eigenvalue weighted by molar-refractivity contribution is 0.549. The Bertz CT molecular complexity index is 655. The van der Waals surface area contributed by atoms with Gasteiger partial charge in [-0.05, 0) is 53.0 Å². The molecule has 3 rings (SSSR count). The highest BCUT2D eigenvalue weighted by molar-refractivity contribution is 9.10. The molecule has 1 aromatic carbocycles. The van der Waals surface area contributed by atoms with Gasteiger partial charge in [0.2, 0.25) is 5.88 Å². The van der Waals surface area contributed by atoms with E-state index in [0.29, 0.717) is 0 Å². The van der Waals surface area contributed by atoms with Crippen LogP contribution >= 0.6 is 15.9 Å². The number of anilines is 2. The number of furan rings is 1. The highest BCUT2D eigenvalue weighted by Gasteiger charge is 2.19. The van der Waals surface area contributed by atoms with Gasteiger partial charge in [-0.1, -0.05) is 0 Å². The molecule has 0 bridgehead atoms. The van der Waals surface area contributed by atoms with E-state index >= 15 is 0 Å². The molecule has 5 heteroatoms. The van der Waals surface area contributed by atoms with Gasteiger partial charge in [-0.15, -0.1) is 0 Å². The summed E-state index contributed by atoms with van der Waals surface area (Å²) in [7, 11) is 4.05. The first-order valence-electron chi connectivity index (χ1n) is 7.49. The van der Waals surface area contributed by atoms with Gasteiger partial charge in [-0.2, -0.15) is 0 Å². The molecule has 0 N–H and O–H groups in total. The lowest BCUT2D eigenvalue weighted by atomic mass is 10.3. The second-order valence-electron chi connectivity index (χ2n) is 5.67. The second kappa shape index (κ2) is 6.57. The van der Waals surface area contributed by atoms with Crippen molar-refractivity contribution in [2.45, 2.75) is 12.8 Å². The van der Waals surface area contributed by atoms with E-state index < -0.39 is 0 Å². The average molecular weight is 362 g/mol. The largest absolute Gasteiger partial charge is 0.438 e. The number of halogens is 1. The third-order valence-corrected chi connectivity index (χ3v) is 4.36. The Labute approximate surface area is 139 Å². The lowest BCUT2D eigenvalue weighted by Gasteiger charge is -2.13. The number of aliphatic imine (C=N–C) groups is 1. The molecule has 0 unspecified atom stereocenters. The van der Waals surface area contributed by atoms with Crippen molar-refractivity contribution in [1.82, 2.24) is 0 Å². The van der Waals surface area contributed by atoms with Crippen molar-refractivity contribution in [2.24, 2.45) is 4.99 Å².